The van der Waals surface area contributed by atoms with Crippen LogP contribution >= 0.6 is 0 Å². The van der Waals surface area contributed by atoms with E-state index in [2.05, 4.69) is 110 Å². The predicted molar refractivity (Wildman–Crippen MR) is 263 cm³/mol. The second-order valence-electron chi connectivity index (χ2n) is 17.4. The van der Waals surface area contributed by atoms with Crippen molar-refractivity contribution in [3.05, 3.63) is 169 Å². The number of aliphatic hydroxyl groups excluding tert-OH is 1. The second-order valence-corrected chi connectivity index (χ2v) is 21.7. The third-order valence-corrected chi connectivity index (χ3v) is 17.1. The number of hydrogen-bond acceptors (Lipinski definition) is 12. The van der Waals surface area contributed by atoms with Crippen molar-refractivity contribution in [3.8, 4) is 0 Å². The monoisotopic (exact) mass is 936 g/mol. The number of aromatic nitrogens is 8. The molecule has 0 radical (unpaired) electrons. The fourth-order valence-electron chi connectivity index (χ4n) is 9.15. The average Bonchev–Trinajstić information content (AvgIpc) is 4.10. The SMILES string of the molecule is CC(C)(C)[Si](OCCCn1cc(C2=C(c3ncccn3)C(=O)NC2=O)c2cccnc21)(c1ccccc1)c1ccccc1.O=C1NC(=O)C(c2cn(CCCO)c3ncccc23)=C1c1ncccn1. The fourth-order valence-corrected chi connectivity index (χ4v) is 13.8. The van der Waals surface area contributed by atoms with Gasteiger partial charge < -0.3 is 18.7 Å². The summed E-state index contributed by atoms with van der Waals surface area (Å²) in [5.74, 6) is -1.56. The Labute approximate surface area is 398 Å². The van der Waals surface area contributed by atoms with Crippen molar-refractivity contribution >= 4 is 86.7 Å². The van der Waals surface area contributed by atoms with E-state index in [-0.39, 0.29) is 45.6 Å². The van der Waals surface area contributed by atoms with Crippen LogP contribution in [0.1, 0.15) is 56.4 Å². The molecule has 8 aromatic rings. The summed E-state index contributed by atoms with van der Waals surface area (Å²) in [4.78, 5) is 76.5. The van der Waals surface area contributed by atoms with E-state index in [1.54, 1.807) is 49.2 Å². The number of rotatable bonds is 14. The lowest BCUT2D eigenvalue weighted by Crippen LogP contribution is -2.66. The first-order valence-electron chi connectivity index (χ1n) is 22.5. The van der Waals surface area contributed by atoms with Gasteiger partial charge in [-0.05, 0) is 64.7 Å². The third-order valence-electron chi connectivity index (χ3n) is 12.1. The lowest BCUT2D eigenvalue weighted by Gasteiger charge is -2.43. The van der Waals surface area contributed by atoms with Gasteiger partial charge in [0.2, 0.25) is 0 Å². The van der Waals surface area contributed by atoms with Gasteiger partial charge in [-0.1, -0.05) is 81.4 Å². The molecule has 0 fully saturated rings. The molecule has 0 spiro atoms. The number of aliphatic hydroxyl groups is 1. The molecule has 2 aliphatic rings. The molecule has 2 aliphatic heterocycles. The van der Waals surface area contributed by atoms with E-state index >= 15 is 0 Å². The molecule has 4 amide bonds. The highest BCUT2D eigenvalue weighted by Gasteiger charge is 2.50. The van der Waals surface area contributed by atoms with E-state index in [0.29, 0.717) is 42.9 Å². The van der Waals surface area contributed by atoms with Crippen LogP contribution in [-0.2, 0) is 36.7 Å². The number of nitrogens with zero attached hydrogens (tertiary/aromatic N) is 8. The molecule has 0 saturated carbocycles. The fraction of sp³-hybridized carbons (Fsp3) is 0.192. The molecule has 346 valence electrons. The zero-order valence-corrected chi connectivity index (χ0v) is 39.2. The number of carbonyl (C=O) groups excluding carboxylic acids is 4. The number of imide groups is 2. The number of amides is 4. The van der Waals surface area contributed by atoms with Gasteiger partial charge in [-0.3, -0.25) is 29.8 Å². The molecule has 6 aromatic heterocycles. The molecule has 0 unspecified atom stereocenters. The Hall–Kier alpha value is -8.12. The highest BCUT2D eigenvalue weighted by Crippen LogP contribution is 2.38. The third kappa shape index (κ3) is 8.81. The molecule has 3 N–H and O–H groups in total. The number of fused-ring (bicyclic) bond motifs is 2. The lowest BCUT2D eigenvalue weighted by atomic mass is 10.0. The van der Waals surface area contributed by atoms with Crippen molar-refractivity contribution in [3.63, 3.8) is 0 Å². The summed E-state index contributed by atoms with van der Waals surface area (Å²) in [6.07, 6.45) is 14.5. The summed E-state index contributed by atoms with van der Waals surface area (Å²) in [5, 5.41) is 17.8. The van der Waals surface area contributed by atoms with Crippen LogP contribution in [0.25, 0.3) is 44.4 Å². The number of aryl methyl sites for hydroxylation is 2. The average molecular weight is 937 g/mol. The Kier molecular flexibility index (Phi) is 13.1. The summed E-state index contributed by atoms with van der Waals surface area (Å²) >= 11 is 0. The molecule has 16 nitrogen and oxygen atoms in total. The van der Waals surface area contributed by atoms with Crippen molar-refractivity contribution in [1.29, 1.82) is 0 Å². The smallest absolute Gasteiger partial charge is 0.262 e. The molecule has 0 bridgehead atoms. The quantitative estimate of drug-likeness (QED) is 0.0737. The van der Waals surface area contributed by atoms with Crippen LogP contribution in [-0.4, -0.2) is 89.3 Å². The summed E-state index contributed by atoms with van der Waals surface area (Å²) in [6, 6.07) is 31.9. The largest absolute Gasteiger partial charge is 0.407 e. The second kappa shape index (κ2) is 19.6. The summed E-state index contributed by atoms with van der Waals surface area (Å²) < 4.78 is 11.0. The summed E-state index contributed by atoms with van der Waals surface area (Å²) in [5.41, 5.74) is 3.46. The first-order valence-corrected chi connectivity index (χ1v) is 24.4. The Bertz CT molecular complexity index is 3240. The van der Waals surface area contributed by atoms with E-state index < -0.39 is 31.9 Å². The highest BCUT2D eigenvalue weighted by atomic mass is 28.4. The lowest BCUT2D eigenvalue weighted by molar-refractivity contribution is -0.124. The minimum absolute atomic E-state index is 0.0482. The van der Waals surface area contributed by atoms with Gasteiger partial charge >= 0.3 is 0 Å². The van der Waals surface area contributed by atoms with Crippen LogP contribution in [0.4, 0.5) is 0 Å². The van der Waals surface area contributed by atoms with E-state index in [4.69, 9.17) is 9.53 Å². The zero-order chi connectivity index (χ0) is 48.1. The van der Waals surface area contributed by atoms with Crippen LogP contribution in [0.3, 0.4) is 0 Å². The van der Waals surface area contributed by atoms with Crippen LogP contribution in [0.15, 0.2) is 147 Å². The normalized spacial score (nSPS) is 14.1. The summed E-state index contributed by atoms with van der Waals surface area (Å²) in [6.45, 7) is 8.56. The van der Waals surface area contributed by atoms with Crippen molar-refractivity contribution in [2.75, 3.05) is 13.2 Å². The molecule has 17 heteroatoms. The maximum absolute atomic E-state index is 13.1. The first-order chi connectivity index (χ1) is 33.5. The Morgan fingerprint density at radius 2 is 0.928 bits per heavy atom. The van der Waals surface area contributed by atoms with E-state index in [1.165, 1.54) is 22.8 Å². The molecule has 0 atom stereocenters. The van der Waals surface area contributed by atoms with E-state index in [9.17, 15) is 19.2 Å². The van der Waals surface area contributed by atoms with Crippen LogP contribution in [0.2, 0.25) is 5.04 Å². The standard InChI is InChI=1S/C34H33N5O3Si.C18H15N5O3/c1-34(2,3)43(24-13-6-4-7-14-24,25-15-8-5-9-16-25)42-22-12-21-39-23-27(26-17-10-18-37-31(26)39)28-29(33(41)38-32(28)40)30-35-19-11-20-36-30;24-9-3-8-23-10-12(11-4-1-5-21-16(11)23)13-14(18(26)22-17(13)25)15-19-6-2-7-20-15/h4-11,13-20,23H,12,21-22H2,1-3H3,(H,38,40,41);1-2,4-7,10,24H,3,8-9H2,(H,22,25,26). The molecule has 2 aromatic carbocycles. The number of hydrogen-bond donors (Lipinski definition) is 3. The zero-order valence-electron chi connectivity index (χ0n) is 38.2. The van der Waals surface area contributed by atoms with E-state index in [1.807, 2.05) is 45.7 Å². The molecule has 0 aliphatic carbocycles. The molecular formula is C52H48N10O6Si. The minimum Gasteiger partial charge on any atom is -0.407 e. The van der Waals surface area contributed by atoms with Gasteiger partial charge in [0.05, 0.1) is 22.3 Å². The van der Waals surface area contributed by atoms with Crippen LogP contribution in [0.5, 0.6) is 0 Å². The van der Waals surface area contributed by atoms with Gasteiger partial charge in [0.15, 0.2) is 11.6 Å². The van der Waals surface area contributed by atoms with Crippen molar-refractivity contribution in [2.45, 2.75) is 51.7 Å². The molecule has 0 saturated heterocycles. The van der Waals surface area contributed by atoms with Crippen LogP contribution in [0, 0.1) is 0 Å². The number of pyridine rings is 2. The van der Waals surface area contributed by atoms with Crippen molar-refractivity contribution < 1.29 is 28.7 Å². The minimum atomic E-state index is -2.66. The Balaban J connectivity index is 0.000000194. The number of benzene rings is 2. The maximum atomic E-state index is 13.1. The maximum Gasteiger partial charge on any atom is 0.262 e. The van der Waals surface area contributed by atoms with Gasteiger partial charge in [-0.2, -0.15) is 0 Å². The number of nitrogens with one attached hydrogen (secondary N) is 2. The van der Waals surface area contributed by atoms with Gasteiger partial charge in [0.1, 0.15) is 11.3 Å². The van der Waals surface area contributed by atoms with Crippen molar-refractivity contribution in [1.82, 2.24) is 49.7 Å². The topological polar surface area (TPSA) is 209 Å². The van der Waals surface area contributed by atoms with Gasteiger partial charge in [0.25, 0.3) is 31.9 Å². The number of carbonyl (C=O) groups is 4. The first kappa shape index (κ1) is 46.0. The molecule has 69 heavy (non-hydrogen) atoms. The Morgan fingerprint density at radius 1 is 0.522 bits per heavy atom. The predicted octanol–water partition coefficient (Wildman–Crippen LogP) is 5.14. The van der Waals surface area contributed by atoms with Gasteiger partial charge in [-0.15, -0.1) is 0 Å². The molecular weight excluding hydrogens is 889 g/mol. The van der Waals surface area contributed by atoms with Gasteiger partial charge in [0, 0.05) is 97.8 Å². The molecule has 8 heterocycles. The van der Waals surface area contributed by atoms with Crippen molar-refractivity contribution in [2.24, 2.45) is 0 Å². The van der Waals surface area contributed by atoms with E-state index in [0.717, 1.165) is 22.8 Å². The highest BCUT2D eigenvalue weighted by molar-refractivity contribution is 6.99. The summed E-state index contributed by atoms with van der Waals surface area (Å²) in [7, 11) is -2.66. The molecule has 10 rings (SSSR count). The van der Waals surface area contributed by atoms with Crippen LogP contribution < -0.4 is 21.0 Å². The van der Waals surface area contributed by atoms with Gasteiger partial charge in [-0.25, -0.2) is 29.9 Å². The Morgan fingerprint density at radius 3 is 1.35 bits per heavy atom.